The molecule has 2 aliphatic rings. The van der Waals surface area contributed by atoms with Crippen molar-refractivity contribution in [2.45, 2.75) is 12.0 Å². The number of carbonyl (C=O) groups is 1. The van der Waals surface area contributed by atoms with E-state index in [9.17, 15) is 4.79 Å². The molecule has 0 amide bonds. The Kier molecular flexibility index (Phi) is 7.35. The van der Waals surface area contributed by atoms with E-state index in [2.05, 4.69) is 0 Å². The SMILES string of the molecule is NC(C(=O)CC1C=CC=C1)([c-]1cccc1)C1C=CC=C1.[Fe+2].c1cc[cH-]c1. The minimum Gasteiger partial charge on any atom is -0.324 e. The van der Waals surface area contributed by atoms with Gasteiger partial charge in [-0.2, -0.15) is 30.3 Å². The zero-order chi connectivity index (χ0) is 17.5. The summed E-state index contributed by atoms with van der Waals surface area (Å²) in [5.41, 5.74) is 6.53. The van der Waals surface area contributed by atoms with E-state index < -0.39 is 5.54 Å². The van der Waals surface area contributed by atoms with Crippen molar-refractivity contribution < 1.29 is 21.9 Å². The molecular formula is C23H23FeNO. The largest absolute Gasteiger partial charge is 2.00 e. The molecule has 0 saturated carbocycles. The van der Waals surface area contributed by atoms with Gasteiger partial charge in [-0.05, 0) is 0 Å². The van der Waals surface area contributed by atoms with E-state index >= 15 is 0 Å². The minimum absolute atomic E-state index is 0. The monoisotopic (exact) mass is 385 g/mol. The molecule has 0 spiro atoms. The summed E-state index contributed by atoms with van der Waals surface area (Å²) in [6.07, 6.45) is 16.4. The van der Waals surface area contributed by atoms with Gasteiger partial charge in [-0.25, -0.2) is 24.3 Å². The topological polar surface area (TPSA) is 43.1 Å². The van der Waals surface area contributed by atoms with Gasteiger partial charge in [0.1, 0.15) is 5.78 Å². The summed E-state index contributed by atoms with van der Waals surface area (Å²) in [6.45, 7) is 0. The van der Waals surface area contributed by atoms with Gasteiger partial charge in [0.25, 0.3) is 0 Å². The predicted octanol–water partition coefficient (Wildman–Crippen LogP) is 4.41. The molecule has 1 atom stereocenters. The quantitative estimate of drug-likeness (QED) is 0.612. The van der Waals surface area contributed by atoms with E-state index in [-0.39, 0.29) is 34.7 Å². The number of ketones is 1. The Hall–Kier alpha value is -2.19. The van der Waals surface area contributed by atoms with Crippen LogP contribution < -0.4 is 5.73 Å². The number of Topliss-reactive ketones (excluding diaryl/α,β-unsaturated/α-hetero) is 1. The van der Waals surface area contributed by atoms with E-state index in [1.807, 2.05) is 103 Å². The fourth-order valence-corrected chi connectivity index (χ4v) is 3.24. The summed E-state index contributed by atoms with van der Waals surface area (Å²) in [5, 5.41) is 0. The van der Waals surface area contributed by atoms with Crippen molar-refractivity contribution in [2.75, 3.05) is 0 Å². The summed E-state index contributed by atoms with van der Waals surface area (Å²) >= 11 is 0. The normalized spacial score (nSPS) is 17.6. The van der Waals surface area contributed by atoms with E-state index in [4.69, 9.17) is 5.73 Å². The van der Waals surface area contributed by atoms with Crippen LogP contribution in [0.25, 0.3) is 0 Å². The predicted molar refractivity (Wildman–Crippen MR) is 103 cm³/mol. The van der Waals surface area contributed by atoms with Gasteiger partial charge in [-0.3, -0.25) is 4.79 Å². The molecule has 4 rings (SSSR count). The van der Waals surface area contributed by atoms with Crippen LogP contribution in [0.3, 0.4) is 0 Å². The van der Waals surface area contributed by atoms with Crippen LogP contribution in [0, 0.1) is 11.8 Å². The maximum Gasteiger partial charge on any atom is 2.00 e. The van der Waals surface area contributed by atoms with Gasteiger partial charge in [-0.1, -0.05) is 48.6 Å². The summed E-state index contributed by atoms with van der Waals surface area (Å²) in [6, 6.07) is 17.8. The number of hydrogen-bond donors (Lipinski definition) is 1. The van der Waals surface area contributed by atoms with Crippen LogP contribution in [0.2, 0.25) is 0 Å². The van der Waals surface area contributed by atoms with Crippen molar-refractivity contribution in [1.29, 1.82) is 0 Å². The van der Waals surface area contributed by atoms with Crippen molar-refractivity contribution in [1.82, 2.24) is 0 Å². The Morgan fingerprint density at radius 1 is 0.923 bits per heavy atom. The smallest absolute Gasteiger partial charge is 0.324 e. The number of nitrogens with two attached hydrogens (primary N) is 1. The molecule has 2 aliphatic carbocycles. The van der Waals surface area contributed by atoms with E-state index in [1.165, 1.54) is 0 Å². The number of allylic oxidation sites excluding steroid dienone is 6. The van der Waals surface area contributed by atoms with Crippen molar-refractivity contribution in [3.8, 4) is 0 Å². The van der Waals surface area contributed by atoms with Gasteiger partial charge >= 0.3 is 17.1 Å². The van der Waals surface area contributed by atoms with Crippen molar-refractivity contribution in [2.24, 2.45) is 17.6 Å². The third-order valence-corrected chi connectivity index (χ3v) is 4.68. The molecular weight excluding hydrogens is 362 g/mol. The first kappa shape index (κ1) is 20.1. The van der Waals surface area contributed by atoms with Gasteiger partial charge in [0, 0.05) is 18.3 Å². The fraction of sp³-hybridized carbons (Fsp3) is 0.174. The van der Waals surface area contributed by atoms with Gasteiger partial charge in [-0.15, -0.1) is 5.56 Å². The molecule has 134 valence electrons. The van der Waals surface area contributed by atoms with Crippen LogP contribution in [0.4, 0.5) is 0 Å². The standard InChI is InChI=1S/C18H18NO.C5H5.Fe/c19-18(15-9-3-4-10-15,16-11-5-6-12-16)17(20)13-14-7-1-2-8-14;1-2-4-5-3-1;/h1-12,14-15H,13,19H2;1-5H;/q2*-1;+2. The zero-order valence-corrected chi connectivity index (χ0v) is 15.6. The summed E-state index contributed by atoms with van der Waals surface area (Å²) in [4.78, 5) is 12.8. The second kappa shape index (κ2) is 9.49. The van der Waals surface area contributed by atoms with E-state index in [1.54, 1.807) is 0 Å². The van der Waals surface area contributed by atoms with Crippen molar-refractivity contribution in [3.05, 3.63) is 109 Å². The maximum atomic E-state index is 12.8. The number of carbonyl (C=O) groups excluding carboxylic acids is 1. The third kappa shape index (κ3) is 4.50. The first-order valence-corrected chi connectivity index (χ1v) is 8.62. The average molecular weight is 385 g/mol. The molecule has 0 heterocycles. The third-order valence-electron chi connectivity index (χ3n) is 4.68. The Morgan fingerprint density at radius 3 is 1.96 bits per heavy atom. The first-order valence-electron chi connectivity index (χ1n) is 8.62. The number of hydrogen-bond acceptors (Lipinski definition) is 2. The second-order valence-electron chi connectivity index (χ2n) is 6.36. The van der Waals surface area contributed by atoms with E-state index in [0.717, 1.165) is 5.56 Å². The fourth-order valence-electron chi connectivity index (χ4n) is 3.24. The van der Waals surface area contributed by atoms with E-state index in [0.29, 0.717) is 6.42 Å². The summed E-state index contributed by atoms with van der Waals surface area (Å²) in [5.74, 6) is 0.201. The first-order chi connectivity index (χ1) is 12.2. The second-order valence-corrected chi connectivity index (χ2v) is 6.36. The molecule has 2 nitrogen and oxygen atoms in total. The Morgan fingerprint density at radius 2 is 1.46 bits per heavy atom. The van der Waals surface area contributed by atoms with Crippen LogP contribution in [-0.2, 0) is 27.4 Å². The van der Waals surface area contributed by atoms with Gasteiger partial charge < -0.3 is 5.73 Å². The van der Waals surface area contributed by atoms with Crippen LogP contribution in [0.5, 0.6) is 0 Å². The molecule has 2 N–H and O–H groups in total. The molecule has 2 aromatic carbocycles. The number of rotatable bonds is 5. The van der Waals surface area contributed by atoms with Gasteiger partial charge in [0.2, 0.25) is 0 Å². The average Bonchev–Trinajstić information content (AvgIpc) is 3.45. The van der Waals surface area contributed by atoms with Crippen LogP contribution >= 0.6 is 0 Å². The molecule has 0 fully saturated rings. The Labute approximate surface area is 166 Å². The molecule has 26 heavy (non-hydrogen) atoms. The van der Waals surface area contributed by atoms with Crippen LogP contribution in [-0.4, -0.2) is 5.78 Å². The van der Waals surface area contributed by atoms with Crippen molar-refractivity contribution >= 4 is 5.78 Å². The molecule has 0 radical (unpaired) electrons. The zero-order valence-electron chi connectivity index (χ0n) is 14.5. The van der Waals surface area contributed by atoms with Crippen molar-refractivity contribution in [3.63, 3.8) is 0 Å². The Balaban J connectivity index is 0.000000351. The van der Waals surface area contributed by atoms with Crippen LogP contribution in [0.1, 0.15) is 12.0 Å². The molecule has 0 aromatic heterocycles. The summed E-state index contributed by atoms with van der Waals surface area (Å²) < 4.78 is 0. The Bertz CT molecular complexity index is 739. The summed E-state index contributed by atoms with van der Waals surface area (Å²) in [7, 11) is 0. The minimum atomic E-state index is -0.961. The van der Waals surface area contributed by atoms with Gasteiger partial charge in [0.15, 0.2) is 0 Å². The molecule has 2 aromatic rings. The molecule has 1 unspecified atom stereocenters. The maximum absolute atomic E-state index is 12.8. The molecule has 0 bridgehead atoms. The molecule has 0 saturated heterocycles. The van der Waals surface area contributed by atoms with Gasteiger partial charge in [0.05, 0.1) is 5.54 Å². The molecule has 0 aliphatic heterocycles. The molecule has 3 heteroatoms. The van der Waals surface area contributed by atoms with Crippen LogP contribution in [0.15, 0.2) is 103 Å².